The van der Waals surface area contributed by atoms with Gasteiger partial charge in [0, 0.05) is 18.7 Å². The minimum Gasteiger partial charge on any atom is -0.478 e. The number of carbonyl (C=O) groups excluding carboxylic acids is 2. The summed E-state index contributed by atoms with van der Waals surface area (Å²) in [5, 5.41) is 27.1. The number of aromatic carboxylic acids is 1. The molecule has 2 aromatic carbocycles. The molecule has 11 atom stereocenters. The highest BCUT2D eigenvalue weighted by Crippen LogP contribution is 2.77. The summed E-state index contributed by atoms with van der Waals surface area (Å²) in [6.45, 7) is 23.8. The quantitative estimate of drug-likeness (QED) is 0.190. The van der Waals surface area contributed by atoms with Crippen molar-refractivity contribution in [1.82, 2.24) is 10.6 Å². The van der Waals surface area contributed by atoms with Gasteiger partial charge in [-0.1, -0.05) is 78.0 Å². The molecule has 4 N–H and O–H groups in total. The minimum atomic E-state index is -0.982. The molecule has 56 heavy (non-hydrogen) atoms. The Bertz CT molecular complexity index is 1900. The summed E-state index contributed by atoms with van der Waals surface area (Å²) >= 11 is 0. The lowest BCUT2D eigenvalue weighted by atomic mass is 9.32. The Morgan fingerprint density at radius 1 is 0.857 bits per heavy atom. The predicted molar refractivity (Wildman–Crippen MR) is 222 cm³/mol. The van der Waals surface area contributed by atoms with Gasteiger partial charge in [0.25, 0.3) is 5.91 Å². The Hall–Kier alpha value is -3.45. The van der Waals surface area contributed by atoms with Crippen LogP contribution in [0, 0.1) is 63.6 Å². The van der Waals surface area contributed by atoms with Crippen LogP contribution in [-0.4, -0.2) is 40.6 Å². The molecule has 5 fully saturated rings. The van der Waals surface area contributed by atoms with E-state index in [0.29, 0.717) is 41.3 Å². The molecule has 0 bridgehead atoms. The molecule has 2 aromatic rings. The molecule has 7 rings (SSSR count). The molecule has 0 aromatic heterocycles. The maximum absolute atomic E-state index is 14.8. The van der Waals surface area contributed by atoms with Crippen molar-refractivity contribution in [2.75, 3.05) is 6.54 Å². The fraction of sp³-hybridized carbons (Fsp3) is 0.653. The summed E-state index contributed by atoms with van der Waals surface area (Å²) in [6.07, 6.45) is 10.5. The second kappa shape index (κ2) is 14.4. The van der Waals surface area contributed by atoms with E-state index >= 15 is 0 Å². The van der Waals surface area contributed by atoms with Crippen molar-refractivity contribution in [3.05, 3.63) is 82.4 Å². The molecule has 0 heterocycles. The van der Waals surface area contributed by atoms with Crippen LogP contribution in [-0.2, 0) is 11.3 Å². The largest absolute Gasteiger partial charge is 0.478 e. The maximum Gasteiger partial charge on any atom is 0.335 e. The summed E-state index contributed by atoms with van der Waals surface area (Å²) in [6, 6.07) is 12.7. The zero-order valence-corrected chi connectivity index (χ0v) is 35.4. The molecule has 7 heteroatoms. The number of nitrogens with one attached hydrogen (secondary N) is 2. The molecule has 2 amide bonds. The third kappa shape index (κ3) is 6.19. The SMILES string of the molecule is C=C(C)C1CC[C@]2(C(=O)NCC(C)c3cccc(C(=O)NCc4cccc(C(=O)O)c4C)c3)CC[C@]3(C)C(CCC4[C@@]5(C)CC[C@H](O)C(C)(C)C5CC[C@]43C)C12. The van der Waals surface area contributed by atoms with Crippen LogP contribution in [0.5, 0.6) is 0 Å². The van der Waals surface area contributed by atoms with Gasteiger partial charge in [0.1, 0.15) is 0 Å². The van der Waals surface area contributed by atoms with Crippen LogP contribution in [0.4, 0.5) is 0 Å². The summed E-state index contributed by atoms with van der Waals surface area (Å²) in [5.74, 6) is 1.28. The number of rotatable bonds is 9. The van der Waals surface area contributed by atoms with Crippen LogP contribution < -0.4 is 10.6 Å². The number of aliphatic hydroxyl groups excluding tert-OH is 1. The number of benzene rings is 2. The Labute approximate surface area is 335 Å². The molecule has 0 aliphatic heterocycles. The van der Waals surface area contributed by atoms with Gasteiger partial charge in [-0.2, -0.15) is 0 Å². The minimum absolute atomic E-state index is 0.00628. The lowest BCUT2D eigenvalue weighted by molar-refractivity contribution is -0.246. The van der Waals surface area contributed by atoms with Crippen LogP contribution in [0.25, 0.3) is 0 Å². The smallest absolute Gasteiger partial charge is 0.335 e. The van der Waals surface area contributed by atoms with E-state index in [1.807, 2.05) is 24.3 Å². The van der Waals surface area contributed by atoms with Crippen LogP contribution in [0.1, 0.15) is 156 Å². The van der Waals surface area contributed by atoms with Gasteiger partial charge >= 0.3 is 5.97 Å². The zero-order chi connectivity index (χ0) is 40.6. The molecule has 6 unspecified atom stereocenters. The lowest BCUT2D eigenvalue weighted by Crippen LogP contribution is -2.67. The molecule has 0 spiro atoms. The first-order valence-corrected chi connectivity index (χ1v) is 21.6. The molecule has 0 radical (unpaired) electrons. The summed E-state index contributed by atoms with van der Waals surface area (Å²) < 4.78 is 0. The summed E-state index contributed by atoms with van der Waals surface area (Å²) in [5.41, 5.74) is 4.51. The average Bonchev–Trinajstić information content (AvgIpc) is 3.56. The van der Waals surface area contributed by atoms with Gasteiger partial charge in [0.2, 0.25) is 5.91 Å². The monoisotopic (exact) mass is 765 g/mol. The normalized spacial score (nSPS) is 37.5. The van der Waals surface area contributed by atoms with Crippen molar-refractivity contribution < 1.29 is 24.6 Å². The summed E-state index contributed by atoms with van der Waals surface area (Å²) in [4.78, 5) is 39.7. The molecule has 5 aliphatic rings. The third-order valence-electron chi connectivity index (χ3n) is 17.9. The van der Waals surface area contributed by atoms with Gasteiger partial charge in [0.15, 0.2) is 0 Å². The lowest BCUT2D eigenvalue weighted by Gasteiger charge is -2.72. The van der Waals surface area contributed by atoms with Crippen molar-refractivity contribution in [2.45, 2.75) is 138 Å². The molecule has 0 saturated heterocycles. The van der Waals surface area contributed by atoms with E-state index in [4.69, 9.17) is 0 Å². The van der Waals surface area contributed by atoms with Gasteiger partial charge < -0.3 is 20.8 Å². The van der Waals surface area contributed by atoms with E-state index in [1.54, 1.807) is 25.1 Å². The van der Waals surface area contributed by atoms with Crippen LogP contribution in [0.15, 0.2) is 54.6 Å². The average molecular weight is 765 g/mol. The van der Waals surface area contributed by atoms with Crippen molar-refractivity contribution in [1.29, 1.82) is 0 Å². The number of carbonyl (C=O) groups is 3. The highest BCUT2D eigenvalue weighted by Gasteiger charge is 2.71. The Kier molecular flexibility index (Phi) is 10.5. The number of allylic oxidation sites excluding steroid dienone is 1. The molecular weight excluding hydrogens is 697 g/mol. The van der Waals surface area contributed by atoms with Crippen molar-refractivity contribution in [3.63, 3.8) is 0 Å². The number of aliphatic hydroxyl groups is 1. The molecular formula is C49H68N2O5. The fourth-order valence-electron chi connectivity index (χ4n) is 14.4. The number of carboxylic acids is 1. The molecule has 5 aliphatic carbocycles. The first-order valence-electron chi connectivity index (χ1n) is 21.6. The molecule has 7 nitrogen and oxygen atoms in total. The van der Waals surface area contributed by atoms with E-state index in [0.717, 1.165) is 49.7 Å². The Morgan fingerprint density at radius 3 is 2.30 bits per heavy atom. The number of hydrogen-bond acceptors (Lipinski definition) is 4. The van der Waals surface area contributed by atoms with E-state index < -0.39 is 11.4 Å². The van der Waals surface area contributed by atoms with E-state index in [1.165, 1.54) is 31.3 Å². The number of hydrogen-bond donors (Lipinski definition) is 4. The predicted octanol–water partition coefficient (Wildman–Crippen LogP) is 9.86. The van der Waals surface area contributed by atoms with Gasteiger partial charge in [-0.25, -0.2) is 4.79 Å². The van der Waals surface area contributed by atoms with Gasteiger partial charge in [0.05, 0.1) is 17.1 Å². The number of carboxylic acid groups (broad SMARTS) is 1. The van der Waals surface area contributed by atoms with E-state index in [2.05, 4.69) is 65.7 Å². The second-order valence-electron chi connectivity index (χ2n) is 20.5. The second-order valence-corrected chi connectivity index (χ2v) is 20.5. The Morgan fingerprint density at radius 2 is 1.59 bits per heavy atom. The summed E-state index contributed by atoms with van der Waals surface area (Å²) in [7, 11) is 0. The fourth-order valence-corrected chi connectivity index (χ4v) is 14.4. The first-order chi connectivity index (χ1) is 26.3. The van der Waals surface area contributed by atoms with Crippen LogP contribution >= 0.6 is 0 Å². The number of fused-ring (bicyclic) bond motifs is 7. The van der Waals surface area contributed by atoms with Crippen molar-refractivity contribution in [2.24, 2.45) is 56.7 Å². The Balaban J connectivity index is 1.06. The molecule has 5 saturated carbocycles. The highest BCUT2D eigenvalue weighted by molar-refractivity contribution is 5.94. The highest BCUT2D eigenvalue weighted by atomic mass is 16.4. The number of amides is 2. The topological polar surface area (TPSA) is 116 Å². The molecule has 304 valence electrons. The van der Waals surface area contributed by atoms with Crippen LogP contribution in [0.3, 0.4) is 0 Å². The van der Waals surface area contributed by atoms with Gasteiger partial charge in [-0.15, -0.1) is 0 Å². The van der Waals surface area contributed by atoms with E-state index in [9.17, 15) is 24.6 Å². The first kappa shape index (κ1) is 40.7. The van der Waals surface area contributed by atoms with Crippen molar-refractivity contribution in [3.8, 4) is 0 Å². The van der Waals surface area contributed by atoms with Crippen LogP contribution in [0.2, 0.25) is 0 Å². The van der Waals surface area contributed by atoms with E-state index in [-0.39, 0.29) is 63.5 Å². The van der Waals surface area contributed by atoms with Gasteiger partial charge in [-0.3, -0.25) is 9.59 Å². The van der Waals surface area contributed by atoms with Crippen molar-refractivity contribution >= 4 is 17.8 Å². The standard InChI is InChI=1S/C49H68N2O5/c1-29(2)35-18-23-49(25-24-47(8)37(41(35)49)16-17-39-46(7)21-20-40(52)45(5,6)38(46)19-22-48(39,47)9)44(56)51-27-30(3)32-12-10-13-33(26-32)42(53)50-28-34-14-11-15-36(31(34)4)43(54)55/h10-15,26,30,35,37-41,52H,1,16-25,27-28H2,2-9H3,(H,50,53)(H,51,56)(H,54,55)/t30?,35?,37?,38?,39?,40-,41?,46-,47+,48+,49-/m0/s1. The third-order valence-corrected chi connectivity index (χ3v) is 17.9. The van der Waals surface area contributed by atoms with Gasteiger partial charge in [-0.05, 0) is 170 Å². The maximum atomic E-state index is 14.8. The zero-order valence-electron chi connectivity index (χ0n) is 35.4.